The quantitative estimate of drug-likeness (QED) is 0.688. The van der Waals surface area contributed by atoms with Crippen molar-refractivity contribution >= 4 is 0 Å². The predicted molar refractivity (Wildman–Crippen MR) is 27.7 cm³/mol. The summed E-state index contributed by atoms with van der Waals surface area (Å²) in [5, 5.41) is 8.12. The highest BCUT2D eigenvalue weighted by atomic mass is 19.4. The molecule has 0 fully saturated rings. The summed E-state index contributed by atoms with van der Waals surface area (Å²) in [5.41, 5.74) is -5.14. The van der Waals surface area contributed by atoms with Crippen molar-refractivity contribution in [2.24, 2.45) is 0 Å². The van der Waals surface area contributed by atoms with Crippen LogP contribution in [0.1, 0.15) is 6.92 Å². The van der Waals surface area contributed by atoms with Gasteiger partial charge in [0.1, 0.15) is 0 Å². The Balaban J connectivity index is 5.30. The predicted octanol–water partition coefficient (Wildman–Crippen LogP) is 2.50. The number of hydrogen-bond donors (Lipinski definition) is 1. The molecule has 1 unspecified atom stereocenters. The van der Waals surface area contributed by atoms with Gasteiger partial charge in [0, 0.05) is 0 Å². The molecule has 0 saturated carbocycles. The van der Waals surface area contributed by atoms with Gasteiger partial charge in [-0.2, -0.15) is 35.1 Å². The maximum atomic E-state index is 12.1. The van der Waals surface area contributed by atoms with Gasteiger partial charge < -0.3 is 5.11 Å². The third-order valence-electron chi connectivity index (χ3n) is 1.52. The second-order valence-corrected chi connectivity index (χ2v) is 2.64. The first-order valence-corrected chi connectivity index (χ1v) is 2.99. The van der Waals surface area contributed by atoms with Crippen LogP contribution in [0.25, 0.3) is 0 Å². The molecule has 0 rings (SSSR count). The molecule has 0 bridgehead atoms. The molecule has 86 valence electrons. The van der Waals surface area contributed by atoms with E-state index in [0.29, 0.717) is 0 Å². The standard InChI is InChI=1S/C5H4F8O/c1-2(14,4(8,9)10)3(6,7)5(11,12)13/h14H,1H3. The molecule has 0 aromatic heterocycles. The molecule has 1 N–H and O–H groups in total. The second-order valence-electron chi connectivity index (χ2n) is 2.64. The fourth-order valence-corrected chi connectivity index (χ4v) is 0.454. The largest absolute Gasteiger partial charge is 0.456 e. The summed E-state index contributed by atoms with van der Waals surface area (Å²) in [6.45, 7) is -0.638. The molecule has 1 atom stereocenters. The van der Waals surface area contributed by atoms with E-state index < -0.39 is 30.8 Å². The van der Waals surface area contributed by atoms with Gasteiger partial charge in [-0.05, 0) is 6.92 Å². The van der Waals surface area contributed by atoms with Gasteiger partial charge in [-0.15, -0.1) is 0 Å². The van der Waals surface area contributed by atoms with Gasteiger partial charge in [-0.3, -0.25) is 0 Å². The average Bonchev–Trinajstić information content (AvgIpc) is 1.81. The van der Waals surface area contributed by atoms with Crippen LogP contribution in [0.15, 0.2) is 0 Å². The van der Waals surface area contributed by atoms with Crippen molar-refractivity contribution in [3.8, 4) is 0 Å². The van der Waals surface area contributed by atoms with E-state index in [4.69, 9.17) is 5.11 Å². The summed E-state index contributed by atoms with van der Waals surface area (Å²) in [6, 6.07) is 0. The summed E-state index contributed by atoms with van der Waals surface area (Å²) < 4.78 is 93.5. The van der Waals surface area contributed by atoms with Crippen LogP contribution in [0.4, 0.5) is 35.1 Å². The fourth-order valence-electron chi connectivity index (χ4n) is 0.454. The fraction of sp³-hybridized carbons (Fsp3) is 1.00. The van der Waals surface area contributed by atoms with E-state index in [9.17, 15) is 35.1 Å². The topological polar surface area (TPSA) is 20.2 Å². The van der Waals surface area contributed by atoms with Crippen LogP contribution in [-0.4, -0.2) is 29.0 Å². The van der Waals surface area contributed by atoms with Crippen LogP contribution in [0, 0.1) is 0 Å². The van der Waals surface area contributed by atoms with Crippen LogP contribution in [0.5, 0.6) is 0 Å². The molecule has 0 aliphatic rings. The number of aliphatic hydroxyl groups is 1. The Hall–Kier alpha value is -0.600. The summed E-state index contributed by atoms with van der Waals surface area (Å²) in [6.07, 6.45) is -12.5. The molecular formula is C5H4F8O. The van der Waals surface area contributed by atoms with Crippen molar-refractivity contribution in [1.82, 2.24) is 0 Å². The minimum absolute atomic E-state index is 0.638. The monoisotopic (exact) mass is 232 g/mol. The van der Waals surface area contributed by atoms with Gasteiger partial charge in [0.05, 0.1) is 0 Å². The lowest BCUT2D eigenvalue weighted by Crippen LogP contribution is -2.62. The molecule has 0 spiro atoms. The lowest BCUT2D eigenvalue weighted by atomic mass is 9.97. The molecule has 0 heterocycles. The summed E-state index contributed by atoms with van der Waals surface area (Å²) in [7, 11) is 0. The zero-order valence-electron chi connectivity index (χ0n) is 6.47. The van der Waals surface area contributed by atoms with Gasteiger partial charge in [-0.1, -0.05) is 0 Å². The molecule has 0 aromatic rings. The zero-order chi connectivity index (χ0) is 12.0. The van der Waals surface area contributed by atoms with Crippen LogP contribution in [-0.2, 0) is 0 Å². The van der Waals surface area contributed by atoms with Crippen molar-refractivity contribution < 1.29 is 40.2 Å². The first-order valence-electron chi connectivity index (χ1n) is 2.99. The van der Waals surface area contributed by atoms with Crippen LogP contribution >= 0.6 is 0 Å². The van der Waals surface area contributed by atoms with E-state index in [1.165, 1.54) is 0 Å². The SMILES string of the molecule is CC(O)(C(F)(F)F)C(F)(F)C(F)(F)F. The van der Waals surface area contributed by atoms with E-state index in [2.05, 4.69) is 0 Å². The summed E-state index contributed by atoms with van der Waals surface area (Å²) >= 11 is 0. The molecule has 9 heteroatoms. The van der Waals surface area contributed by atoms with E-state index in [0.717, 1.165) is 0 Å². The highest BCUT2D eigenvalue weighted by Crippen LogP contribution is 2.49. The molecule has 0 aliphatic heterocycles. The summed E-state index contributed by atoms with van der Waals surface area (Å²) in [5.74, 6) is -6.25. The van der Waals surface area contributed by atoms with Gasteiger partial charge >= 0.3 is 18.3 Å². The Kier molecular flexibility index (Phi) is 2.82. The van der Waals surface area contributed by atoms with Gasteiger partial charge in [-0.25, -0.2) is 0 Å². The smallest absolute Gasteiger partial charge is 0.376 e. The van der Waals surface area contributed by atoms with Crippen LogP contribution in [0.3, 0.4) is 0 Å². The molecular weight excluding hydrogens is 228 g/mol. The highest BCUT2D eigenvalue weighted by molar-refractivity contribution is 4.99. The van der Waals surface area contributed by atoms with E-state index in [-0.39, 0.29) is 0 Å². The van der Waals surface area contributed by atoms with Crippen molar-refractivity contribution in [2.75, 3.05) is 0 Å². The Bertz CT molecular complexity index is 187. The second kappa shape index (κ2) is 2.94. The van der Waals surface area contributed by atoms with Gasteiger partial charge in [0.15, 0.2) is 0 Å². The van der Waals surface area contributed by atoms with Crippen LogP contribution in [0.2, 0.25) is 0 Å². The number of halogens is 8. The molecule has 0 radical (unpaired) electrons. The van der Waals surface area contributed by atoms with Crippen molar-refractivity contribution in [2.45, 2.75) is 30.8 Å². The highest BCUT2D eigenvalue weighted by Gasteiger charge is 2.77. The Labute approximate surface area is 72.3 Å². The van der Waals surface area contributed by atoms with Crippen molar-refractivity contribution in [3.63, 3.8) is 0 Å². The first-order chi connectivity index (χ1) is 5.75. The molecule has 0 saturated heterocycles. The molecule has 0 aliphatic carbocycles. The normalized spacial score (nSPS) is 19.3. The molecule has 0 amide bonds. The Morgan fingerprint density at radius 3 is 1.07 bits per heavy atom. The third kappa shape index (κ3) is 1.77. The number of hydrogen-bond acceptors (Lipinski definition) is 1. The number of rotatable bonds is 1. The molecule has 0 aromatic carbocycles. The summed E-state index contributed by atoms with van der Waals surface area (Å²) in [4.78, 5) is 0. The lowest BCUT2D eigenvalue weighted by molar-refractivity contribution is -0.397. The maximum Gasteiger partial charge on any atom is 0.456 e. The minimum Gasteiger partial charge on any atom is -0.376 e. The van der Waals surface area contributed by atoms with Gasteiger partial charge in [0.25, 0.3) is 0 Å². The van der Waals surface area contributed by atoms with Crippen molar-refractivity contribution in [3.05, 3.63) is 0 Å². The molecule has 1 nitrogen and oxygen atoms in total. The Morgan fingerprint density at radius 1 is 0.714 bits per heavy atom. The first kappa shape index (κ1) is 13.4. The lowest BCUT2D eigenvalue weighted by Gasteiger charge is -2.34. The average molecular weight is 232 g/mol. The van der Waals surface area contributed by atoms with E-state index in [1.54, 1.807) is 0 Å². The van der Waals surface area contributed by atoms with E-state index >= 15 is 0 Å². The van der Waals surface area contributed by atoms with Crippen LogP contribution < -0.4 is 0 Å². The Morgan fingerprint density at radius 2 is 1.00 bits per heavy atom. The molecule has 14 heavy (non-hydrogen) atoms. The minimum atomic E-state index is -6.47. The third-order valence-corrected chi connectivity index (χ3v) is 1.52. The zero-order valence-corrected chi connectivity index (χ0v) is 6.47. The van der Waals surface area contributed by atoms with Gasteiger partial charge in [0.2, 0.25) is 5.60 Å². The maximum absolute atomic E-state index is 12.1. The number of alkyl halides is 8. The van der Waals surface area contributed by atoms with E-state index in [1.807, 2.05) is 0 Å². The van der Waals surface area contributed by atoms with Crippen molar-refractivity contribution in [1.29, 1.82) is 0 Å².